The molecule has 0 radical (unpaired) electrons. The summed E-state index contributed by atoms with van der Waals surface area (Å²) in [7, 11) is 0. The minimum atomic E-state index is -0.608. The molecule has 4 aromatic rings. The monoisotopic (exact) mass is 543 g/mol. The highest BCUT2D eigenvalue weighted by Crippen LogP contribution is 2.35. The van der Waals surface area contributed by atoms with Crippen molar-refractivity contribution in [3.05, 3.63) is 83.8 Å². The van der Waals surface area contributed by atoms with Gasteiger partial charge in [0.25, 0.3) is 5.91 Å². The molecule has 0 saturated carbocycles. The Morgan fingerprint density at radius 1 is 0.950 bits per heavy atom. The highest BCUT2D eigenvalue weighted by atomic mass is 19.1. The van der Waals surface area contributed by atoms with E-state index >= 15 is 0 Å². The third-order valence-electron chi connectivity index (χ3n) is 6.68. The first-order valence-corrected chi connectivity index (χ1v) is 13.8. The SMILES string of the molecule is CCCC[C@@H](CNC(=O)c1[nH]c2cc(-c3ccc(F)cc3)ccc2c1-c1ccc(C)cc1)NC(=O)OC(C)(C)C. The summed E-state index contributed by atoms with van der Waals surface area (Å²) in [6.45, 7) is 9.83. The number of benzene rings is 3. The van der Waals surface area contributed by atoms with Crippen LogP contribution in [0.3, 0.4) is 0 Å². The van der Waals surface area contributed by atoms with Gasteiger partial charge in [0.05, 0.1) is 0 Å². The van der Waals surface area contributed by atoms with Gasteiger partial charge in [-0.2, -0.15) is 0 Å². The van der Waals surface area contributed by atoms with Crippen LogP contribution >= 0.6 is 0 Å². The lowest BCUT2D eigenvalue weighted by molar-refractivity contribution is 0.0498. The molecule has 210 valence electrons. The molecule has 3 aromatic carbocycles. The van der Waals surface area contributed by atoms with Crippen molar-refractivity contribution < 1.29 is 18.7 Å². The number of carbonyl (C=O) groups excluding carboxylic acids is 2. The fraction of sp³-hybridized carbons (Fsp3) is 0.333. The molecule has 7 heteroatoms. The lowest BCUT2D eigenvalue weighted by Crippen LogP contribution is -2.45. The number of amides is 2. The maximum atomic E-state index is 13.6. The Morgan fingerprint density at radius 2 is 1.60 bits per heavy atom. The van der Waals surface area contributed by atoms with Gasteiger partial charge in [-0.1, -0.05) is 73.9 Å². The molecular weight excluding hydrogens is 505 g/mol. The lowest BCUT2D eigenvalue weighted by Gasteiger charge is -2.24. The van der Waals surface area contributed by atoms with E-state index in [1.807, 2.05) is 70.2 Å². The zero-order chi connectivity index (χ0) is 28.9. The zero-order valence-corrected chi connectivity index (χ0v) is 23.9. The number of nitrogens with one attached hydrogen (secondary N) is 3. The van der Waals surface area contributed by atoms with Crippen molar-refractivity contribution in [3.63, 3.8) is 0 Å². The Morgan fingerprint density at radius 3 is 2.25 bits per heavy atom. The molecule has 0 aliphatic rings. The van der Waals surface area contributed by atoms with E-state index in [4.69, 9.17) is 4.74 Å². The number of alkyl carbamates (subject to hydrolysis) is 1. The van der Waals surface area contributed by atoms with E-state index in [0.29, 0.717) is 12.1 Å². The second-order valence-corrected chi connectivity index (χ2v) is 11.2. The Bertz CT molecular complexity index is 1470. The average Bonchev–Trinajstić information content (AvgIpc) is 3.29. The van der Waals surface area contributed by atoms with Crippen LogP contribution < -0.4 is 10.6 Å². The number of unbranched alkanes of at least 4 members (excludes halogenated alkanes) is 1. The first kappa shape index (κ1) is 28.9. The molecule has 0 spiro atoms. The molecule has 0 bridgehead atoms. The number of hydrogen-bond acceptors (Lipinski definition) is 3. The molecule has 0 fully saturated rings. The van der Waals surface area contributed by atoms with Crippen LogP contribution in [0, 0.1) is 12.7 Å². The van der Waals surface area contributed by atoms with Crippen molar-refractivity contribution in [1.29, 1.82) is 0 Å². The van der Waals surface area contributed by atoms with Gasteiger partial charge in [0.1, 0.15) is 17.1 Å². The van der Waals surface area contributed by atoms with Gasteiger partial charge in [-0.25, -0.2) is 9.18 Å². The first-order chi connectivity index (χ1) is 19.0. The fourth-order valence-corrected chi connectivity index (χ4v) is 4.66. The molecule has 2 amide bonds. The third kappa shape index (κ3) is 7.29. The van der Waals surface area contributed by atoms with Gasteiger partial charge >= 0.3 is 6.09 Å². The van der Waals surface area contributed by atoms with Crippen LogP contribution in [-0.2, 0) is 4.74 Å². The molecule has 0 saturated heterocycles. The van der Waals surface area contributed by atoms with E-state index in [1.165, 1.54) is 12.1 Å². The van der Waals surface area contributed by atoms with Gasteiger partial charge < -0.3 is 20.4 Å². The summed E-state index contributed by atoms with van der Waals surface area (Å²) in [6, 6.07) is 20.1. The summed E-state index contributed by atoms with van der Waals surface area (Å²) < 4.78 is 18.9. The predicted octanol–water partition coefficient (Wildman–Crippen LogP) is 7.76. The van der Waals surface area contributed by atoms with Crippen molar-refractivity contribution in [2.45, 2.75) is 65.5 Å². The van der Waals surface area contributed by atoms with Crippen LogP contribution in [0.2, 0.25) is 0 Å². The number of rotatable bonds is 9. The van der Waals surface area contributed by atoms with E-state index < -0.39 is 11.7 Å². The van der Waals surface area contributed by atoms with Gasteiger partial charge in [0, 0.05) is 29.1 Å². The minimum Gasteiger partial charge on any atom is -0.444 e. The van der Waals surface area contributed by atoms with Gasteiger partial charge in [0.2, 0.25) is 0 Å². The van der Waals surface area contributed by atoms with Gasteiger partial charge in [-0.15, -0.1) is 0 Å². The molecule has 1 atom stereocenters. The largest absolute Gasteiger partial charge is 0.444 e. The van der Waals surface area contributed by atoms with Crippen molar-refractivity contribution in [1.82, 2.24) is 15.6 Å². The normalized spacial score (nSPS) is 12.2. The number of carbonyl (C=O) groups is 2. The number of aryl methyl sites for hydroxylation is 1. The topological polar surface area (TPSA) is 83.2 Å². The molecule has 6 nitrogen and oxygen atoms in total. The first-order valence-electron chi connectivity index (χ1n) is 13.8. The third-order valence-corrected chi connectivity index (χ3v) is 6.68. The quantitative estimate of drug-likeness (QED) is 0.202. The molecule has 0 aliphatic carbocycles. The summed E-state index contributed by atoms with van der Waals surface area (Å²) >= 11 is 0. The van der Waals surface area contributed by atoms with Crippen molar-refractivity contribution in [2.75, 3.05) is 6.54 Å². The fourth-order valence-electron chi connectivity index (χ4n) is 4.66. The van der Waals surface area contributed by atoms with E-state index in [1.54, 1.807) is 12.1 Å². The standard InChI is InChI=1S/C33H38FN3O3/c1-6-7-8-26(36-32(39)40-33(3,4)5)20-35-31(38)30-29(23-11-9-21(2)10-12-23)27-18-15-24(19-28(27)37-30)22-13-16-25(34)17-14-22/h9-19,26,37H,6-8,20H2,1-5H3,(H,35,38)(H,36,39)/t26-/m0/s1. The number of fused-ring (bicyclic) bond motifs is 1. The highest BCUT2D eigenvalue weighted by Gasteiger charge is 2.23. The zero-order valence-electron chi connectivity index (χ0n) is 23.9. The Balaban J connectivity index is 1.64. The van der Waals surface area contributed by atoms with Crippen LogP contribution in [0.4, 0.5) is 9.18 Å². The molecule has 1 heterocycles. The van der Waals surface area contributed by atoms with Crippen LogP contribution in [0.1, 0.15) is 63.0 Å². The Kier molecular flexibility index (Phi) is 8.93. The molecular formula is C33H38FN3O3. The maximum Gasteiger partial charge on any atom is 0.407 e. The summed E-state index contributed by atoms with van der Waals surface area (Å²) in [4.78, 5) is 29.4. The summed E-state index contributed by atoms with van der Waals surface area (Å²) in [5.41, 5.74) is 5.29. The number of H-pyrrole nitrogens is 1. The smallest absolute Gasteiger partial charge is 0.407 e. The van der Waals surface area contributed by atoms with E-state index in [0.717, 1.165) is 51.6 Å². The molecule has 1 aromatic heterocycles. The van der Waals surface area contributed by atoms with Crippen LogP contribution in [0.15, 0.2) is 66.7 Å². The molecule has 3 N–H and O–H groups in total. The lowest BCUT2D eigenvalue weighted by atomic mass is 9.98. The van der Waals surface area contributed by atoms with Gasteiger partial charge in [-0.05, 0) is 69.0 Å². The van der Waals surface area contributed by atoms with Crippen molar-refractivity contribution in [2.24, 2.45) is 0 Å². The summed E-state index contributed by atoms with van der Waals surface area (Å²) in [5.74, 6) is -0.550. The van der Waals surface area contributed by atoms with E-state index in [2.05, 4.69) is 22.5 Å². The number of halogens is 1. The number of ether oxygens (including phenoxy) is 1. The molecule has 40 heavy (non-hydrogen) atoms. The molecule has 0 aliphatic heterocycles. The number of hydrogen-bond donors (Lipinski definition) is 3. The van der Waals surface area contributed by atoms with E-state index in [9.17, 15) is 14.0 Å². The number of aromatic nitrogens is 1. The maximum absolute atomic E-state index is 13.6. The van der Waals surface area contributed by atoms with Gasteiger partial charge in [-0.3, -0.25) is 4.79 Å². The molecule has 4 rings (SSSR count). The summed E-state index contributed by atoms with van der Waals surface area (Å²) in [6.07, 6.45) is 2.09. The minimum absolute atomic E-state index is 0.261. The number of aromatic amines is 1. The molecule has 0 unspecified atom stereocenters. The van der Waals surface area contributed by atoms with Crippen LogP contribution in [0.5, 0.6) is 0 Å². The second kappa shape index (κ2) is 12.4. The van der Waals surface area contributed by atoms with E-state index in [-0.39, 0.29) is 24.3 Å². The Hall–Kier alpha value is -4.13. The van der Waals surface area contributed by atoms with Crippen molar-refractivity contribution >= 4 is 22.9 Å². The summed E-state index contributed by atoms with van der Waals surface area (Å²) in [5, 5.41) is 6.85. The highest BCUT2D eigenvalue weighted by molar-refractivity contribution is 6.10. The van der Waals surface area contributed by atoms with Crippen LogP contribution in [-0.4, -0.2) is 35.2 Å². The van der Waals surface area contributed by atoms with Crippen molar-refractivity contribution in [3.8, 4) is 22.3 Å². The van der Waals surface area contributed by atoms with Crippen LogP contribution in [0.25, 0.3) is 33.2 Å². The second-order valence-electron chi connectivity index (χ2n) is 11.2. The average molecular weight is 544 g/mol. The van der Waals surface area contributed by atoms with Gasteiger partial charge in [0.15, 0.2) is 0 Å². The Labute approximate surface area is 235 Å². The predicted molar refractivity (Wildman–Crippen MR) is 159 cm³/mol.